The molecule has 1 fully saturated rings. The van der Waals surface area contributed by atoms with Gasteiger partial charge in [-0.1, -0.05) is 31.0 Å². The van der Waals surface area contributed by atoms with Crippen LogP contribution in [-0.2, 0) is 0 Å². The van der Waals surface area contributed by atoms with Gasteiger partial charge in [0, 0.05) is 11.3 Å². The number of aliphatic hydroxyl groups is 1. The van der Waals surface area contributed by atoms with Crippen molar-refractivity contribution in [3.8, 4) is 0 Å². The Morgan fingerprint density at radius 3 is 2.56 bits per heavy atom. The fourth-order valence-corrected chi connectivity index (χ4v) is 3.69. The maximum atomic E-state index is 13.8. The largest absolute Gasteiger partial charge is 0.439 e. The third-order valence-electron chi connectivity index (χ3n) is 5.30. The van der Waals surface area contributed by atoms with Gasteiger partial charge in [-0.05, 0) is 44.2 Å². The van der Waals surface area contributed by atoms with Crippen LogP contribution in [0, 0.1) is 18.8 Å². The lowest BCUT2D eigenvalue weighted by Gasteiger charge is -2.39. The van der Waals surface area contributed by atoms with Crippen molar-refractivity contribution >= 4 is 11.6 Å². The predicted molar refractivity (Wildman–Crippen MR) is 86.9 cm³/mol. The summed E-state index contributed by atoms with van der Waals surface area (Å²) in [6.45, 7) is 3.74. The molecule has 4 nitrogen and oxygen atoms in total. The summed E-state index contributed by atoms with van der Waals surface area (Å²) in [6, 6.07) is 6.18. The average molecular weight is 354 g/mol. The number of hydrazone groups is 1. The molecule has 7 heteroatoms. The van der Waals surface area contributed by atoms with E-state index in [0.717, 1.165) is 18.4 Å². The number of hydrogen-bond donors (Lipinski definition) is 1. The lowest BCUT2D eigenvalue weighted by molar-refractivity contribution is -0.313. The van der Waals surface area contributed by atoms with Gasteiger partial charge < -0.3 is 5.11 Å². The standard InChI is InChI=1S/C18H21F3N2O2/c1-3-12-6-9-15-14(10-12)17(25,18(19,20)21)23(22-15)16(24)13-7-4-11(2)5-8-13/h4-5,7-8,12,14,25H,3,6,9-10H2,1-2H3/t12-,14-,17-/m1/s1. The molecule has 136 valence electrons. The highest BCUT2D eigenvalue weighted by molar-refractivity contribution is 5.99. The molecule has 0 radical (unpaired) electrons. The van der Waals surface area contributed by atoms with Crippen LogP contribution in [-0.4, -0.2) is 33.6 Å². The molecular formula is C18H21F3N2O2. The number of carbonyl (C=O) groups is 1. The van der Waals surface area contributed by atoms with Crippen LogP contribution in [0.4, 0.5) is 13.2 Å². The van der Waals surface area contributed by atoms with Crippen LogP contribution in [0.2, 0.25) is 0 Å². The fraction of sp³-hybridized carbons (Fsp3) is 0.556. The van der Waals surface area contributed by atoms with Crippen molar-refractivity contribution in [3.63, 3.8) is 0 Å². The fourth-order valence-electron chi connectivity index (χ4n) is 3.69. The van der Waals surface area contributed by atoms with Crippen molar-refractivity contribution in [2.24, 2.45) is 16.9 Å². The number of fused-ring (bicyclic) bond motifs is 1. The molecule has 3 atom stereocenters. The normalized spacial score (nSPS) is 29.4. The molecule has 3 rings (SSSR count). The third-order valence-corrected chi connectivity index (χ3v) is 5.30. The molecule has 1 aliphatic heterocycles. The highest BCUT2D eigenvalue weighted by atomic mass is 19.4. The zero-order valence-corrected chi connectivity index (χ0v) is 14.2. The summed E-state index contributed by atoms with van der Waals surface area (Å²) < 4.78 is 41.5. The quantitative estimate of drug-likeness (QED) is 0.876. The molecule has 1 aromatic carbocycles. The number of alkyl halides is 3. The number of benzene rings is 1. The molecule has 25 heavy (non-hydrogen) atoms. The lowest BCUT2D eigenvalue weighted by Crippen LogP contribution is -2.61. The number of hydrogen-bond acceptors (Lipinski definition) is 3. The predicted octanol–water partition coefficient (Wildman–Crippen LogP) is 3.88. The first-order valence-electron chi connectivity index (χ1n) is 8.46. The minimum atomic E-state index is -4.99. The Balaban J connectivity index is 2.01. The van der Waals surface area contributed by atoms with Crippen molar-refractivity contribution in [1.82, 2.24) is 5.01 Å². The smallest absolute Gasteiger partial charge is 0.362 e. The summed E-state index contributed by atoms with van der Waals surface area (Å²) in [5.41, 5.74) is -2.05. The number of halogens is 3. The summed E-state index contributed by atoms with van der Waals surface area (Å²) in [4.78, 5) is 12.7. The van der Waals surface area contributed by atoms with Gasteiger partial charge in [0.15, 0.2) is 0 Å². The third kappa shape index (κ3) is 2.84. The average Bonchev–Trinajstić information content (AvgIpc) is 2.88. The summed E-state index contributed by atoms with van der Waals surface area (Å²) in [5.74, 6) is -2.04. The van der Waals surface area contributed by atoms with Gasteiger partial charge in [-0.3, -0.25) is 4.79 Å². The molecule has 1 amide bonds. The van der Waals surface area contributed by atoms with Crippen molar-refractivity contribution in [3.05, 3.63) is 35.4 Å². The minimum Gasteiger partial charge on any atom is -0.362 e. The molecule has 1 aliphatic carbocycles. The number of rotatable bonds is 2. The Bertz CT molecular complexity index is 699. The van der Waals surface area contributed by atoms with Gasteiger partial charge in [-0.2, -0.15) is 23.3 Å². The molecule has 2 aliphatic rings. The second-order valence-corrected chi connectivity index (χ2v) is 6.90. The highest BCUT2D eigenvalue weighted by Gasteiger charge is 2.68. The Morgan fingerprint density at radius 1 is 1.36 bits per heavy atom. The molecule has 1 saturated carbocycles. The number of nitrogens with zero attached hydrogens (tertiary/aromatic N) is 2. The zero-order valence-electron chi connectivity index (χ0n) is 14.2. The zero-order chi connectivity index (χ0) is 18.4. The van der Waals surface area contributed by atoms with Crippen molar-refractivity contribution in [2.75, 3.05) is 0 Å². The highest BCUT2D eigenvalue weighted by Crippen LogP contribution is 2.49. The van der Waals surface area contributed by atoms with Gasteiger partial charge in [0.25, 0.3) is 11.6 Å². The Kier molecular flexibility index (Phi) is 4.39. The SMILES string of the molecule is CC[C@@H]1CCC2=NN(C(=O)c3ccc(C)cc3)[C@](O)(C(F)(F)F)[C@@H]2C1. The van der Waals surface area contributed by atoms with Crippen LogP contribution >= 0.6 is 0 Å². The molecule has 1 heterocycles. The van der Waals surface area contributed by atoms with Crippen LogP contribution in [0.15, 0.2) is 29.4 Å². The van der Waals surface area contributed by atoms with Crippen LogP contribution in [0.1, 0.15) is 48.5 Å². The van der Waals surface area contributed by atoms with E-state index in [1.807, 2.05) is 13.8 Å². The van der Waals surface area contributed by atoms with Gasteiger partial charge in [-0.25, -0.2) is 0 Å². The maximum Gasteiger partial charge on any atom is 0.439 e. The second kappa shape index (κ2) is 6.12. The van der Waals surface area contributed by atoms with E-state index in [4.69, 9.17) is 0 Å². The summed E-state index contributed by atoms with van der Waals surface area (Å²) in [7, 11) is 0. The van der Waals surface area contributed by atoms with E-state index in [0.29, 0.717) is 6.42 Å². The molecule has 1 N–H and O–H groups in total. The second-order valence-electron chi connectivity index (χ2n) is 6.90. The van der Waals surface area contributed by atoms with Crippen LogP contribution in [0.25, 0.3) is 0 Å². The van der Waals surface area contributed by atoms with Crippen LogP contribution < -0.4 is 0 Å². The minimum absolute atomic E-state index is 0.0725. The van der Waals surface area contributed by atoms with E-state index in [-0.39, 0.29) is 28.6 Å². The van der Waals surface area contributed by atoms with Gasteiger partial charge in [0.2, 0.25) is 0 Å². The molecule has 1 aromatic rings. The molecule has 0 spiro atoms. The monoisotopic (exact) mass is 354 g/mol. The van der Waals surface area contributed by atoms with E-state index in [1.165, 1.54) is 12.1 Å². The molecule has 0 saturated heterocycles. The van der Waals surface area contributed by atoms with Crippen molar-refractivity contribution in [1.29, 1.82) is 0 Å². The van der Waals surface area contributed by atoms with E-state index in [2.05, 4.69) is 5.10 Å². The molecule has 0 bridgehead atoms. The topological polar surface area (TPSA) is 52.9 Å². The van der Waals surface area contributed by atoms with Crippen LogP contribution in [0.3, 0.4) is 0 Å². The van der Waals surface area contributed by atoms with E-state index in [9.17, 15) is 23.1 Å². The first-order chi connectivity index (χ1) is 11.7. The lowest BCUT2D eigenvalue weighted by atomic mass is 9.74. The summed E-state index contributed by atoms with van der Waals surface area (Å²) in [5, 5.41) is 14.8. The van der Waals surface area contributed by atoms with Gasteiger partial charge >= 0.3 is 6.18 Å². The maximum absolute atomic E-state index is 13.8. The summed E-state index contributed by atoms with van der Waals surface area (Å²) in [6.07, 6.45) is -2.96. The Morgan fingerprint density at radius 2 is 2.00 bits per heavy atom. The number of amides is 1. The molecule has 0 unspecified atom stereocenters. The van der Waals surface area contributed by atoms with Crippen LogP contribution in [0.5, 0.6) is 0 Å². The number of carbonyl (C=O) groups excluding carboxylic acids is 1. The Hall–Kier alpha value is -1.89. The van der Waals surface area contributed by atoms with Crippen molar-refractivity contribution in [2.45, 2.75) is 51.4 Å². The number of aryl methyl sites for hydroxylation is 1. The molecular weight excluding hydrogens is 333 g/mol. The van der Waals surface area contributed by atoms with Gasteiger partial charge in [0.05, 0.1) is 5.92 Å². The van der Waals surface area contributed by atoms with E-state index >= 15 is 0 Å². The van der Waals surface area contributed by atoms with Crippen molar-refractivity contribution < 1.29 is 23.1 Å². The first-order valence-corrected chi connectivity index (χ1v) is 8.46. The van der Waals surface area contributed by atoms with Gasteiger partial charge in [-0.15, -0.1) is 0 Å². The Labute approximate surface area is 144 Å². The van der Waals surface area contributed by atoms with E-state index in [1.54, 1.807) is 12.1 Å². The molecule has 0 aromatic heterocycles. The first kappa shape index (κ1) is 17.9. The van der Waals surface area contributed by atoms with Gasteiger partial charge in [0.1, 0.15) is 0 Å². The van der Waals surface area contributed by atoms with E-state index < -0.39 is 23.7 Å². The summed E-state index contributed by atoms with van der Waals surface area (Å²) >= 11 is 0.